The Kier molecular flexibility index (Phi) is 3.31. The van der Waals surface area contributed by atoms with Crippen LogP contribution in [0.3, 0.4) is 0 Å². The lowest BCUT2D eigenvalue weighted by molar-refractivity contribution is 0.1000. The monoisotopic (exact) mass is 233 g/mol. The molecule has 0 aromatic carbocycles. The van der Waals surface area contributed by atoms with E-state index in [1.54, 1.807) is 6.07 Å². The Bertz CT molecular complexity index is 390. The van der Waals surface area contributed by atoms with Crippen LogP contribution in [0.2, 0.25) is 0 Å². The van der Waals surface area contributed by atoms with Crippen LogP contribution in [0.15, 0.2) is 18.3 Å². The zero-order valence-electron chi connectivity index (χ0n) is 10.2. The molecule has 1 heterocycles. The molecule has 3 N–H and O–H groups in total. The van der Waals surface area contributed by atoms with Gasteiger partial charge in [0.2, 0.25) is 5.91 Å². The second kappa shape index (κ2) is 4.73. The Labute approximate surface area is 102 Å². The molecule has 1 fully saturated rings. The van der Waals surface area contributed by atoms with Crippen molar-refractivity contribution in [3.05, 3.63) is 23.9 Å². The van der Waals surface area contributed by atoms with E-state index in [0.717, 1.165) is 12.4 Å². The van der Waals surface area contributed by atoms with Gasteiger partial charge in [-0.3, -0.25) is 4.79 Å². The van der Waals surface area contributed by atoms with Crippen molar-refractivity contribution in [1.29, 1.82) is 0 Å². The van der Waals surface area contributed by atoms with E-state index in [9.17, 15) is 4.79 Å². The second-order valence-corrected chi connectivity index (χ2v) is 4.86. The fraction of sp³-hybridized carbons (Fsp3) is 0.538. The molecule has 0 bridgehead atoms. The fourth-order valence-electron chi connectivity index (χ4n) is 2.25. The van der Waals surface area contributed by atoms with Crippen molar-refractivity contribution in [3.63, 3.8) is 0 Å². The first-order valence-corrected chi connectivity index (χ1v) is 6.15. The molecule has 0 radical (unpaired) electrons. The zero-order chi connectivity index (χ0) is 12.3. The van der Waals surface area contributed by atoms with Crippen molar-refractivity contribution < 1.29 is 4.79 Å². The van der Waals surface area contributed by atoms with Crippen LogP contribution in [0, 0.1) is 5.41 Å². The average Bonchev–Trinajstić information content (AvgIpc) is 2.29. The van der Waals surface area contributed by atoms with Gasteiger partial charge in [0, 0.05) is 12.7 Å². The lowest BCUT2D eigenvalue weighted by Gasteiger charge is -2.41. The van der Waals surface area contributed by atoms with Crippen LogP contribution >= 0.6 is 0 Å². The van der Waals surface area contributed by atoms with E-state index in [2.05, 4.69) is 17.2 Å². The summed E-state index contributed by atoms with van der Waals surface area (Å²) >= 11 is 0. The van der Waals surface area contributed by atoms with Gasteiger partial charge in [0.1, 0.15) is 5.82 Å². The number of nitrogens with one attached hydrogen (secondary N) is 1. The number of hydrogen-bond acceptors (Lipinski definition) is 3. The molecule has 0 unspecified atom stereocenters. The SMILES string of the molecule is CCC1(CNc2ccc(C(N)=O)cn2)CCC1. The molecule has 0 aliphatic heterocycles. The van der Waals surface area contributed by atoms with Crippen LogP contribution in [0.4, 0.5) is 5.82 Å². The lowest BCUT2D eigenvalue weighted by Crippen LogP contribution is -2.36. The molecular formula is C13H19N3O. The van der Waals surface area contributed by atoms with Crippen LogP contribution in [0.5, 0.6) is 0 Å². The molecule has 92 valence electrons. The highest BCUT2D eigenvalue weighted by Crippen LogP contribution is 2.43. The molecule has 4 heteroatoms. The summed E-state index contributed by atoms with van der Waals surface area (Å²) in [5.74, 6) is 0.378. The molecule has 1 aliphatic carbocycles. The average molecular weight is 233 g/mol. The van der Waals surface area contributed by atoms with Gasteiger partial charge in [-0.15, -0.1) is 0 Å². The molecule has 1 aromatic rings. The van der Waals surface area contributed by atoms with E-state index in [4.69, 9.17) is 5.73 Å². The van der Waals surface area contributed by atoms with Crippen LogP contribution in [0.25, 0.3) is 0 Å². The molecule has 0 atom stereocenters. The maximum atomic E-state index is 10.9. The van der Waals surface area contributed by atoms with E-state index in [-0.39, 0.29) is 0 Å². The first-order valence-electron chi connectivity index (χ1n) is 6.15. The van der Waals surface area contributed by atoms with Crippen molar-refractivity contribution in [2.24, 2.45) is 11.1 Å². The van der Waals surface area contributed by atoms with Gasteiger partial charge in [0.15, 0.2) is 0 Å². The predicted molar refractivity (Wildman–Crippen MR) is 67.8 cm³/mol. The highest BCUT2D eigenvalue weighted by Gasteiger charge is 2.34. The molecule has 1 amide bonds. The van der Waals surface area contributed by atoms with Gasteiger partial charge in [0.25, 0.3) is 0 Å². The van der Waals surface area contributed by atoms with Gasteiger partial charge in [-0.05, 0) is 36.8 Å². The number of pyridine rings is 1. The largest absolute Gasteiger partial charge is 0.370 e. The van der Waals surface area contributed by atoms with Crippen molar-refractivity contribution >= 4 is 11.7 Å². The number of amides is 1. The first-order chi connectivity index (χ1) is 8.15. The molecule has 2 rings (SSSR count). The van der Waals surface area contributed by atoms with Gasteiger partial charge in [-0.1, -0.05) is 13.3 Å². The molecule has 1 aliphatic rings. The summed E-state index contributed by atoms with van der Waals surface area (Å²) in [6, 6.07) is 3.51. The summed E-state index contributed by atoms with van der Waals surface area (Å²) < 4.78 is 0. The Balaban J connectivity index is 1.93. The van der Waals surface area contributed by atoms with Gasteiger partial charge in [-0.25, -0.2) is 4.98 Å². The second-order valence-electron chi connectivity index (χ2n) is 4.86. The quantitative estimate of drug-likeness (QED) is 0.819. The number of rotatable bonds is 5. The number of carbonyl (C=O) groups is 1. The standard InChI is InChI=1S/C13H19N3O/c1-2-13(6-3-7-13)9-16-11-5-4-10(8-15-11)12(14)17/h4-5,8H,2-3,6-7,9H2,1H3,(H2,14,17)(H,15,16). The Hall–Kier alpha value is -1.58. The van der Waals surface area contributed by atoms with Gasteiger partial charge in [0.05, 0.1) is 5.56 Å². The predicted octanol–water partition coefficient (Wildman–Crippen LogP) is 2.17. The van der Waals surface area contributed by atoms with Crippen LogP contribution in [0.1, 0.15) is 43.0 Å². The zero-order valence-corrected chi connectivity index (χ0v) is 10.2. The molecule has 0 spiro atoms. The van der Waals surface area contributed by atoms with Gasteiger partial charge in [-0.2, -0.15) is 0 Å². The molecule has 17 heavy (non-hydrogen) atoms. The number of nitrogens with two attached hydrogens (primary N) is 1. The fourth-order valence-corrected chi connectivity index (χ4v) is 2.25. The maximum Gasteiger partial charge on any atom is 0.250 e. The number of hydrogen-bond donors (Lipinski definition) is 2. The molecule has 0 saturated heterocycles. The Morgan fingerprint density at radius 2 is 2.29 bits per heavy atom. The van der Waals surface area contributed by atoms with Crippen LogP contribution in [-0.2, 0) is 0 Å². The summed E-state index contributed by atoms with van der Waals surface area (Å²) in [6.45, 7) is 3.21. The third kappa shape index (κ3) is 2.57. The Morgan fingerprint density at radius 3 is 2.71 bits per heavy atom. The summed E-state index contributed by atoms with van der Waals surface area (Å²) in [4.78, 5) is 15.1. The highest BCUT2D eigenvalue weighted by atomic mass is 16.1. The van der Waals surface area contributed by atoms with E-state index >= 15 is 0 Å². The minimum absolute atomic E-state index is 0.437. The van der Waals surface area contributed by atoms with Crippen molar-refractivity contribution in [2.75, 3.05) is 11.9 Å². The minimum Gasteiger partial charge on any atom is -0.370 e. The first kappa shape index (κ1) is 11.9. The van der Waals surface area contributed by atoms with E-state index in [0.29, 0.717) is 11.0 Å². The molecule has 1 aromatic heterocycles. The topological polar surface area (TPSA) is 68.0 Å². The van der Waals surface area contributed by atoms with E-state index < -0.39 is 5.91 Å². The highest BCUT2D eigenvalue weighted by molar-refractivity contribution is 5.92. The van der Waals surface area contributed by atoms with Crippen LogP contribution in [-0.4, -0.2) is 17.4 Å². The summed E-state index contributed by atoms with van der Waals surface area (Å²) in [5, 5.41) is 3.34. The number of aromatic nitrogens is 1. The summed E-state index contributed by atoms with van der Waals surface area (Å²) in [5.41, 5.74) is 6.07. The normalized spacial score (nSPS) is 17.2. The van der Waals surface area contributed by atoms with Crippen molar-refractivity contribution in [2.45, 2.75) is 32.6 Å². The Morgan fingerprint density at radius 1 is 1.53 bits per heavy atom. The third-order valence-corrected chi connectivity index (χ3v) is 3.86. The summed E-state index contributed by atoms with van der Waals surface area (Å²) in [7, 11) is 0. The number of anilines is 1. The third-order valence-electron chi connectivity index (χ3n) is 3.86. The van der Waals surface area contributed by atoms with Gasteiger partial charge < -0.3 is 11.1 Å². The molecular weight excluding hydrogens is 214 g/mol. The smallest absolute Gasteiger partial charge is 0.250 e. The van der Waals surface area contributed by atoms with Crippen LogP contribution < -0.4 is 11.1 Å². The number of nitrogens with zero attached hydrogens (tertiary/aromatic N) is 1. The minimum atomic E-state index is -0.437. The van der Waals surface area contributed by atoms with E-state index in [1.807, 2.05) is 6.07 Å². The summed E-state index contributed by atoms with van der Waals surface area (Å²) in [6.07, 6.45) is 6.67. The van der Waals surface area contributed by atoms with Crippen molar-refractivity contribution in [1.82, 2.24) is 4.98 Å². The van der Waals surface area contributed by atoms with Gasteiger partial charge >= 0.3 is 0 Å². The number of primary amides is 1. The molecule has 4 nitrogen and oxygen atoms in total. The van der Waals surface area contributed by atoms with E-state index in [1.165, 1.54) is 31.9 Å². The van der Waals surface area contributed by atoms with Crippen molar-refractivity contribution in [3.8, 4) is 0 Å². The number of carbonyl (C=O) groups excluding carboxylic acids is 1. The molecule has 1 saturated carbocycles. The maximum absolute atomic E-state index is 10.9. The lowest BCUT2D eigenvalue weighted by atomic mass is 9.67.